The Kier molecular flexibility index (Phi) is 6.28. The Morgan fingerprint density at radius 3 is 2.42 bits per heavy atom. The maximum atomic E-state index is 5.91. The summed E-state index contributed by atoms with van der Waals surface area (Å²) in [6, 6.07) is 20.4. The van der Waals surface area contributed by atoms with Gasteiger partial charge in [-0.2, -0.15) is 0 Å². The SMILES string of the molecule is Cc1ccc(C)c(N=Cc2ccc(OCc3ccc(Br)cc3)c(Br)c2)c1. The molecular weight excluding hydrogens is 454 g/mol. The number of hydrogen-bond acceptors (Lipinski definition) is 2. The largest absolute Gasteiger partial charge is 0.488 e. The van der Waals surface area contributed by atoms with Crippen molar-refractivity contribution in [3.8, 4) is 5.75 Å². The van der Waals surface area contributed by atoms with Gasteiger partial charge in [-0.15, -0.1) is 0 Å². The standard InChI is InChI=1S/C22H19Br2NO/c1-15-3-4-16(2)21(11-15)25-13-18-7-10-22(20(24)12-18)26-14-17-5-8-19(23)9-6-17/h3-13H,14H2,1-2H3. The van der Waals surface area contributed by atoms with Crippen LogP contribution in [0.2, 0.25) is 0 Å². The van der Waals surface area contributed by atoms with Crippen molar-refractivity contribution in [3.63, 3.8) is 0 Å². The molecule has 0 aliphatic carbocycles. The smallest absolute Gasteiger partial charge is 0.134 e. The number of nitrogens with zero attached hydrogens (tertiary/aromatic N) is 1. The average Bonchev–Trinajstić information content (AvgIpc) is 2.63. The number of halogens is 2. The Bertz CT molecular complexity index is 933. The average molecular weight is 473 g/mol. The van der Waals surface area contributed by atoms with Gasteiger partial charge in [-0.3, -0.25) is 4.99 Å². The number of rotatable bonds is 5. The Morgan fingerprint density at radius 2 is 1.69 bits per heavy atom. The molecule has 0 fully saturated rings. The molecule has 3 rings (SSSR count). The quantitative estimate of drug-likeness (QED) is 0.361. The van der Waals surface area contributed by atoms with Gasteiger partial charge < -0.3 is 4.74 Å². The minimum atomic E-state index is 0.530. The molecule has 0 amide bonds. The number of ether oxygens (including phenoxy) is 1. The van der Waals surface area contributed by atoms with Crippen LogP contribution < -0.4 is 4.74 Å². The summed E-state index contributed by atoms with van der Waals surface area (Å²) in [4.78, 5) is 4.62. The first-order valence-electron chi connectivity index (χ1n) is 8.29. The molecule has 2 nitrogen and oxygen atoms in total. The number of aryl methyl sites for hydroxylation is 2. The molecule has 0 radical (unpaired) electrons. The van der Waals surface area contributed by atoms with Crippen LogP contribution in [-0.2, 0) is 6.61 Å². The molecule has 26 heavy (non-hydrogen) atoms. The lowest BCUT2D eigenvalue weighted by atomic mass is 10.1. The summed E-state index contributed by atoms with van der Waals surface area (Å²) in [6.07, 6.45) is 1.88. The van der Waals surface area contributed by atoms with E-state index in [-0.39, 0.29) is 0 Å². The zero-order valence-electron chi connectivity index (χ0n) is 14.7. The topological polar surface area (TPSA) is 21.6 Å². The lowest BCUT2D eigenvalue weighted by Gasteiger charge is -2.09. The third-order valence-corrected chi connectivity index (χ3v) is 5.13. The van der Waals surface area contributed by atoms with Gasteiger partial charge >= 0.3 is 0 Å². The van der Waals surface area contributed by atoms with Crippen LogP contribution in [0, 0.1) is 13.8 Å². The van der Waals surface area contributed by atoms with Gasteiger partial charge in [0.15, 0.2) is 0 Å². The molecule has 4 heteroatoms. The zero-order valence-corrected chi connectivity index (χ0v) is 17.8. The molecular formula is C22H19Br2NO. The van der Waals surface area contributed by atoms with Gasteiger partial charge in [-0.25, -0.2) is 0 Å². The van der Waals surface area contributed by atoms with Crippen molar-refractivity contribution in [1.82, 2.24) is 0 Å². The second-order valence-electron chi connectivity index (χ2n) is 6.15. The highest BCUT2D eigenvalue weighted by Gasteiger charge is 2.03. The molecule has 0 aliphatic heterocycles. The highest BCUT2D eigenvalue weighted by molar-refractivity contribution is 9.10. The lowest BCUT2D eigenvalue weighted by molar-refractivity contribution is 0.304. The van der Waals surface area contributed by atoms with Gasteiger partial charge in [0.25, 0.3) is 0 Å². The van der Waals surface area contributed by atoms with Crippen LogP contribution in [-0.4, -0.2) is 6.21 Å². The minimum Gasteiger partial charge on any atom is -0.488 e. The zero-order chi connectivity index (χ0) is 18.5. The molecule has 0 N–H and O–H groups in total. The Hall–Kier alpha value is -1.91. The molecule has 3 aromatic carbocycles. The Balaban J connectivity index is 1.69. The first-order valence-corrected chi connectivity index (χ1v) is 9.88. The third-order valence-electron chi connectivity index (χ3n) is 3.98. The molecule has 0 aliphatic rings. The predicted molar refractivity (Wildman–Crippen MR) is 116 cm³/mol. The molecule has 0 spiro atoms. The highest BCUT2D eigenvalue weighted by atomic mass is 79.9. The Labute approximate surface area is 171 Å². The third kappa shape index (κ3) is 5.05. The first kappa shape index (κ1) is 18.9. The molecule has 132 valence electrons. The summed E-state index contributed by atoms with van der Waals surface area (Å²) in [5, 5.41) is 0. The van der Waals surface area contributed by atoms with Crippen molar-refractivity contribution >= 4 is 43.8 Å². The van der Waals surface area contributed by atoms with Crippen LogP contribution in [0.4, 0.5) is 5.69 Å². The van der Waals surface area contributed by atoms with Crippen LogP contribution in [0.5, 0.6) is 5.75 Å². The van der Waals surface area contributed by atoms with Crippen molar-refractivity contribution in [2.75, 3.05) is 0 Å². The van der Waals surface area contributed by atoms with Crippen LogP contribution in [0.1, 0.15) is 22.3 Å². The number of hydrogen-bond donors (Lipinski definition) is 0. The van der Waals surface area contributed by atoms with E-state index >= 15 is 0 Å². The van der Waals surface area contributed by atoms with Crippen LogP contribution in [0.3, 0.4) is 0 Å². The first-order chi connectivity index (χ1) is 12.5. The minimum absolute atomic E-state index is 0.530. The van der Waals surface area contributed by atoms with E-state index < -0.39 is 0 Å². The summed E-state index contributed by atoms with van der Waals surface area (Å²) in [7, 11) is 0. The molecule has 0 aromatic heterocycles. The second-order valence-corrected chi connectivity index (χ2v) is 7.92. The van der Waals surface area contributed by atoms with Crippen LogP contribution >= 0.6 is 31.9 Å². The van der Waals surface area contributed by atoms with E-state index in [0.717, 1.165) is 31.5 Å². The van der Waals surface area contributed by atoms with Gasteiger partial charge in [0.05, 0.1) is 10.2 Å². The molecule has 0 unspecified atom stereocenters. The highest BCUT2D eigenvalue weighted by Crippen LogP contribution is 2.27. The summed E-state index contributed by atoms with van der Waals surface area (Å²) in [6.45, 7) is 4.68. The fourth-order valence-electron chi connectivity index (χ4n) is 2.46. The van der Waals surface area contributed by atoms with Gasteiger partial charge in [-0.1, -0.05) is 40.2 Å². The van der Waals surface area contributed by atoms with Crippen LogP contribution in [0.15, 0.2) is 74.6 Å². The van der Waals surface area contributed by atoms with E-state index in [0.29, 0.717) is 6.61 Å². The van der Waals surface area contributed by atoms with Crippen molar-refractivity contribution in [3.05, 3.63) is 91.9 Å². The van der Waals surface area contributed by atoms with Gasteiger partial charge in [0.1, 0.15) is 12.4 Å². The van der Waals surface area contributed by atoms with E-state index in [9.17, 15) is 0 Å². The van der Waals surface area contributed by atoms with E-state index in [4.69, 9.17) is 4.74 Å². The van der Waals surface area contributed by atoms with E-state index in [1.54, 1.807) is 0 Å². The van der Waals surface area contributed by atoms with E-state index in [1.165, 1.54) is 11.1 Å². The predicted octanol–water partition coefficient (Wildman–Crippen LogP) is 7.16. The van der Waals surface area contributed by atoms with Gasteiger partial charge in [-0.05, 0) is 88.4 Å². The van der Waals surface area contributed by atoms with Crippen LogP contribution in [0.25, 0.3) is 0 Å². The maximum Gasteiger partial charge on any atom is 0.134 e. The molecule has 0 saturated heterocycles. The maximum absolute atomic E-state index is 5.91. The normalized spacial score (nSPS) is 11.1. The monoisotopic (exact) mass is 471 g/mol. The second kappa shape index (κ2) is 8.65. The van der Waals surface area contributed by atoms with Crippen molar-refractivity contribution in [2.24, 2.45) is 4.99 Å². The lowest BCUT2D eigenvalue weighted by Crippen LogP contribution is -1.96. The fraction of sp³-hybridized carbons (Fsp3) is 0.136. The van der Waals surface area contributed by atoms with E-state index in [2.05, 4.69) is 68.9 Å². The summed E-state index contributed by atoms with van der Waals surface area (Å²) >= 11 is 7.03. The van der Waals surface area contributed by atoms with Crippen molar-refractivity contribution < 1.29 is 4.74 Å². The number of benzene rings is 3. The van der Waals surface area contributed by atoms with Crippen molar-refractivity contribution in [2.45, 2.75) is 20.5 Å². The summed E-state index contributed by atoms with van der Waals surface area (Å²) in [5.74, 6) is 0.816. The summed E-state index contributed by atoms with van der Waals surface area (Å²) < 4.78 is 7.89. The van der Waals surface area contributed by atoms with Gasteiger partial charge in [0, 0.05) is 10.7 Å². The molecule has 0 saturated carbocycles. The van der Waals surface area contributed by atoms with E-state index in [1.807, 2.05) is 48.7 Å². The molecule has 3 aromatic rings. The molecule has 0 bridgehead atoms. The molecule has 0 atom stereocenters. The van der Waals surface area contributed by atoms with Crippen molar-refractivity contribution in [1.29, 1.82) is 0 Å². The fourth-order valence-corrected chi connectivity index (χ4v) is 3.23. The number of aliphatic imine (C=N–C) groups is 1. The van der Waals surface area contributed by atoms with Gasteiger partial charge in [0.2, 0.25) is 0 Å². The Morgan fingerprint density at radius 1 is 0.923 bits per heavy atom. The summed E-state index contributed by atoms with van der Waals surface area (Å²) in [5.41, 5.74) is 5.52. The molecule has 0 heterocycles.